The van der Waals surface area contributed by atoms with Gasteiger partial charge in [0.15, 0.2) is 0 Å². The Bertz CT molecular complexity index is 301. The maximum Gasteiger partial charge on any atom is 0.0169 e. The van der Waals surface area contributed by atoms with E-state index < -0.39 is 0 Å². The van der Waals surface area contributed by atoms with Gasteiger partial charge in [0.25, 0.3) is 0 Å². The Hall–Kier alpha value is -0.340. The molecule has 0 aromatic heterocycles. The van der Waals surface area contributed by atoms with E-state index in [1.165, 1.54) is 38.9 Å². The molecular formula is C16H30N2. The Morgan fingerprint density at radius 1 is 1.33 bits per heavy atom. The number of nitrogens with one attached hydrogen (secondary N) is 1. The average molecular weight is 250 g/mol. The fourth-order valence-electron chi connectivity index (χ4n) is 3.27. The summed E-state index contributed by atoms with van der Waals surface area (Å²) in [6.45, 7) is 14.0. The molecule has 1 N–H and O–H groups in total. The molecule has 0 aromatic rings. The monoisotopic (exact) mass is 250 g/mol. The molecular weight excluding hydrogens is 220 g/mol. The first-order valence-electron chi connectivity index (χ1n) is 7.66. The second-order valence-corrected chi connectivity index (χ2v) is 6.94. The van der Waals surface area contributed by atoms with Gasteiger partial charge in [0, 0.05) is 19.1 Å². The third-order valence-electron chi connectivity index (χ3n) is 4.71. The van der Waals surface area contributed by atoms with Crippen molar-refractivity contribution >= 4 is 0 Å². The van der Waals surface area contributed by atoms with Crippen molar-refractivity contribution in [3.63, 3.8) is 0 Å². The fraction of sp³-hybridized carbons (Fsp3) is 0.875. The highest BCUT2D eigenvalue weighted by Gasteiger charge is 2.35. The van der Waals surface area contributed by atoms with Crippen LogP contribution in [0.3, 0.4) is 0 Å². The highest BCUT2D eigenvalue weighted by molar-refractivity contribution is 5.15. The van der Waals surface area contributed by atoms with E-state index >= 15 is 0 Å². The van der Waals surface area contributed by atoms with E-state index in [4.69, 9.17) is 0 Å². The molecule has 0 saturated heterocycles. The van der Waals surface area contributed by atoms with E-state index in [1.54, 1.807) is 5.57 Å². The van der Waals surface area contributed by atoms with Crippen LogP contribution in [0, 0.1) is 11.3 Å². The van der Waals surface area contributed by atoms with E-state index in [0.717, 1.165) is 18.5 Å². The average Bonchev–Trinajstić information content (AvgIpc) is 2.27. The van der Waals surface area contributed by atoms with E-state index in [9.17, 15) is 0 Å². The van der Waals surface area contributed by atoms with Crippen molar-refractivity contribution in [1.29, 1.82) is 0 Å². The third-order valence-corrected chi connectivity index (χ3v) is 4.71. The molecule has 1 fully saturated rings. The van der Waals surface area contributed by atoms with Crippen LogP contribution in [0.1, 0.15) is 47.0 Å². The Balaban J connectivity index is 1.84. The van der Waals surface area contributed by atoms with Crippen LogP contribution < -0.4 is 5.32 Å². The van der Waals surface area contributed by atoms with Crippen molar-refractivity contribution in [2.24, 2.45) is 11.3 Å². The molecule has 18 heavy (non-hydrogen) atoms. The molecule has 2 atom stereocenters. The molecule has 1 aliphatic carbocycles. The lowest BCUT2D eigenvalue weighted by atomic mass is 9.76. The van der Waals surface area contributed by atoms with Crippen molar-refractivity contribution in [1.82, 2.24) is 10.2 Å². The second-order valence-electron chi connectivity index (χ2n) is 6.94. The van der Waals surface area contributed by atoms with E-state index in [-0.39, 0.29) is 0 Å². The van der Waals surface area contributed by atoms with E-state index in [1.807, 2.05) is 0 Å². The van der Waals surface area contributed by atoms with Gasteiger partial charge in [-0.15, -0.1) is 0 Å². The summed E-state index contributed by atoms with van der Waals surface area (Å²) in [6, 6.07) is 0.849. The Morgan fingerprint density at radius 2 is 2.11 bits per heavy atom. The molecule has 0 radical (unpaired) electrons. The van der Waals surface area contributed by atoms with Crippen molar-refractivity contribution < 1.29 is 0 Å². The summed E-state index contributed by atoms with van der Waals surface area (Å²) in [5.74, 6) is 0.898. The largest absolute Gasteiger partial charge is 0.317 e. The zero-order valence-corrected chi connectivity index (χ0v) is 12.6. The molecule has 1 saturated carbocycles. The normalized spacial score (nSPS) is 29.9. The van der Waals surface area contributed by atoms with Crippen LogP contribution in [-0.4, -0.2) is 37.1 Å². The number of hydrogen-bond donors (Lipinski definition) is 1. The molecule has 0 spiro atoms. The summed E-state index contributed by atoms with van der Waals surface area (Å²) in [5, 5.41) is 3.51. The molecule has 1 aliphatic heterocycles. The van der Waals surface area contributed by atoms with Crippen LogP contribution in [-0.2, 0) is 0 Å². The van der Waals surface area contributed by atoms with Gasteiger partial charge in [-0.3, -0.25) is 4.90 Å². The molecule has 2 unspecified atom stereocenters. The van der Waals surface area contributed by atoms with Gasteiger partial charge in [-0.05, 0) is 43.7 Å². The van der Waals surface area contributed by atoms with Gasteiger partial charge in [0.05, 0.1) is 0 Å². The lowest BCUT2D eigenvalue weighted by Gasteiger charge is -2.46. The smallest absolute Gasteiger partial charge is 0.0169 e. The minimum atomic E-state index is 0.370. The Kier molecular flexibility index (Phi) is 4.50. The summed E-state index contributed by atoms with van der Waals surface area (Å²) < 4.78 is 0. The molecule has 2 heteroatoms. The van der Waals surface area contributed by atoms with E-state index in [2.05, 4.69) is 44.0 Å². The molecule has 2 rings (SSSR count). The molecule has 0 amide bonds. The lowest BCUT2D eigenvalue weighted by molar-refractivity contribution is 0.0669. The van der Waals surface area contributed by atoms with Gasteiger partial charge >= 0.3 is 0 Å². The van der Waals surface area contributed by atoms with Crippen molar-refractivity contribution in [2.75, 3.05) is 26.2 Å². The highest BCUT2D eigenvalue weighted by atomic mass is 15.2. The molecule has 0 aromatic carbocycles. The number of rotatable bonds is 4. The summed E-state index contributed by atoms with van der Waals surface area (Å²) in [5.41, 5.74) is 2.02. The SMILES string of the molecule is CCNCC1CCC1N1CC=C(C(C)(C)C)CC1. The molecule has 1 heterocycles. The number of nitrogens with zero attached hydrogens (tertiary/aromatic N) is 1. The summed E-state index contributed by atoms with van der Waals surface area (Å²) in [6.07, 6.45) is 6.60. The first-order valence-corrected chi connectivity index (χ1v) is 7.66. The molecule has 2 aliphatic rings. The summed E-state index contributed by atoms with van der Waals surface area (Å²) >= 11 is 0. The zero-order chi connectivity index (χ0) is 13.2. The first kappa shape index (κ1) is 14.1. The minimum absolute atomic E-state index is 0.370. The van der Waals surface area contributed by atoms with Crippen LogP contribution in [0.5, 0.6) is 0 Å². The predicted molar refractivity (Wildman–Crippen MR) is 78.8 cm³/mol. The van der Waals surface area contributed by atoms with Crippen LogP contribution in [0.15, 0.2) is 11.6 Å². The van der Waals surface area contributed by atoms with E-state index in [0.29, 0.717) is 5.41 Å². The lowest BCUT2D eigenvalue weighted by Crippen LogP contribution is -2.52. The zero-order valence-electron chi connectivity index (χ0n) is 12.6. The first-order chi connectivity index (χ1) is 8.52. The predicted octanol–water partition coefficient (Wildman–Crippen LogP) is 3.05. The fourth-order valence-corrected chi connectivity index (χ4v) is 3.27. The quantitative estimate of drug-likeness (QED) is 0.772. The van der Waals surface area contributed by atoms with Crippen LogP contribution in [0.2, 0.25) is 0 Å². The van der Waals surface area contributed by atoms with Crippen molar-refractivity contribution in [2.45, 2.75) is 53.0 Å². The van der Waals surface area contributed by atoms with Crippen LogP contribution >= 0.6 is 0 Å². The summed E-state index contributed by atoms with van der Waals surface area (Å²) in [7, 11) is 0. The highest BCUT2D eigenvalue weighted by Crippen LogP contribution is 2.36. The third kappa shape index (κ3) is 3.16. The Morgan fingerprint density at radius 3 is 2.56 bits per heavy atom. The standard InChI is InChI=1S/C16H30N2/c1-5-17-12-13-6-7-15(13)18-10-8-14(9-11-18)16(2,3)4/h8,13,15,17H,5-7,9-12H2,1-4H3. The van der Waals surface area contributed by atoms with Gasteiger partial charge in [-0.1, -0.05) is 39.3 Å². The van der Waals surface area contributed by atoms with Gasteiger partial charge in [-0.2, -0.15) is 0 Å². The Labute approximate surface area is 113 Å². The minimum Gasteiger partial charge on any atom is -0.317 e. The summed E-state index contributed by atoms with van der Waals surface area (Å²) in [4.78, 5) is 2.71. The van der Waals surface area contributed by atoms with Crippen LogP contribution in [0.4, 0.5) is 0 Å². The van der Waals surface area contributed by atoms with Gasteiger partial charge in [0.1, 0.15) is 0 Å². The van der Waals surface area contributed by atoms with Crippen molar-refractivity contribution in [3.8, 4) is 0 Å². The van der Waals surface area contributed by atoms with Gasteiger partial charge < -0.3 is 5.32 Å². The number of hydrogen-bond acceptors (Lipinski definition) is 2. The van der Waals surface area contributed by atoms with Crippen LogP contribution in [0.25, 0.3) is 0 Å². The van der Waals surface area contributed by atoms with Gasteiger partial charge in [0.2, 0.25) is 0 Å². The molecule has 2 nitrogen and oxygen atoms in total. The second kappa shape index (κ2) is 5.75. The molecule has 0 bridgehead atoms. The van der Waals surface area contributed by atoms with Gasteiger partial charge in [-0.25, -0.2) is 0 Å². The molecule has 104 valence electrons. The van der Waals surface area contributed by atoms with Crippen molar-refractivity contribution in [3.05, 3.63) is 11.6 Å². The maximum absolute atomic E-state index is 3.51. The topological polar surface area (TPSA) is 15.3 Å². The maximum atomic E-state index is 3.51.